The van der Waals surface area contributed by atoms with Gasteiger partial charge in [0.2, 0.25) is 0 Å². The van der Waals surface area contributed by atoms with Crippen molar-refractivity contribution in [1.82, 2.24) is 0 Å². The Kier molecular flexibility index (Phi) is 6.97. The molecule has 0 unspecified atom stereocenters. The lowest BCUT2D eigenvalue weighted by molar-refractivity contribution is -0.206. The minimum atomic E-state index is -2.86. The van der Waals surface area contributed by atoms with Crippen LogP contribution in [0.4, 0.5) is 4.39 Å². The zero-order chi connectivity index (χ0) is 20.4. The highest BCUT2D eigenvalue weighted by atomic mass is 127. The maximum atomic E-state index is 15.3. The molecule has 28 heavy (non-hydrogen) atoms. The summed E-state index contributed by atoms with van der Waals surface area (Å²) in [7, 11) is -2.86. The van der Waals surface area contributed by atoms with Gasteiger partial charge in [0.25, 0.3) is 8.32 Å². The van der Waals surface area contributed by atoms with Gasteiger partial charge in [-0.2, -0.15) is 0 Å². The van der Waals surface area contributed by atoms with Crippen LogP contribution in [0.5, 0.6) is 0 Å². The Labute approximate surface area is 181 Å². The van der Waals surface area contributed by atoms with Crippen molar-refractivity contribution >= 4 is 41.3 Å². The molecule has 2 aromatic carbocycles. The third kappa shape index (κ3) is 4.21. The standard InChI is InChI=1S/C22H28FIO3Si/c1-22(2,3)28(16-10-6-4-7-11-16,17-12-8-5-9-13-17)27-18-14-20(25)26-19(15-24)21(18)23/h4-13,18-21,25H,14-15H2,1-3H3/t18-,19+,20-,21+/m0/s1. The summed E-state index contributed by atoms with van der Waals surface area (Å²) in [6.45, 7) is 6.49. The topological polar surface area (TPSA) is 38.7 Å². The van der Waals surface area contributed by atoms with E-state index in [9.17, 15) is 5.11 Å². The Hall–Kier alpha value is -0.803. The molecule has 0 radical (unpaired) electrons. The van der Waals surface area contributed by atoms with Gasteiger partial charge in [-0.1, -0.05) is 104 Å². The molecule has 1 heterocycles. The summed E-state index contributed by atoms with van der Waals surface area (Å²) in [6, 6.07) is 20.3. The fraction of sp³-hybridized carbons (Fsp3) is 0.455. The van der Waals surface area contributed by atoms with Gasteiger partial charge in [0.1, 0.15) is 6.10 Å². The summed E-state index contributed by atoms with van der Waals surface area (Å²) in [4.78, 5) is 0. The van der Waals surface area contributed by atoms with Crippen LogP contribution in [-0.2, 0) is 9.16 Å². The van der Waals surface area contributed by atoms with Crippen LogP contribution in [0.3, 0.4) is 0 Å². The summed E-state index contributed by atoms with van der Waals surface area (Å²) in [6.07, 6.45) is -3.52. The maximum Gasteiger partial charge on any atom is 0.261 e. The molecule has 1 aliphatic heterocycles. The highest BCUT2D eigenvalue weighted by Gasteiger charge is 2.53. The monoisotopic (exact) mass is 514 g/mol. The first-order chi connectivity index (χ1) is 13.3. The fourth-order valence-corrected chi connectivity index (χ4v) is 9.44. The summed E-state index contributed by atoms with van der Waals surface area (Å²) >= 11 is 2.10. The molecule has 0 spiro atoms. The molecule has 0 bridgehead atoms. The minimum Gasteiger partial charge on any atom is -0.401 e. The SMILES string of the molecule is CC(C)(C)[Si](O[C@H]1C[C@@H](O)O[C@H](CI)[C@@H]1F)(c1ccccc1)c1ccccc1. The molecule has 2 aromatic rings. The second kappa shape index (κ2) is 8.91. The first kappa shape index (κ1) is 21.9. The molecule has 1 saturated heterocycles. The lowest BCUT2D eigenvalue weighted by Gasteiger charge is -2.47. The van der Waals surface area contributed by atoms with E-state index in [4.69, 9.17) is 9.16 Å². The fourth-order valence-electron chi connectivity index (χ4n) is 4.05. The molecule has 0 saturated carbocycles. The van der Waals surface area contributed by atoms with Gasteiger partial charge in [-0.25, -0.2) is 4.39 Å². The predicted octanol–water partition coefficient (Wildman–Crippen LogP) is 3.81. The number of aliphatic hydroxyl groups excluding tert-OH is 1. The van der Waals surface area contributed by atoms with E-state index in [-0.39, 0.29) is 11.5 Å². The molecule has 6 heteroatoms. The number of hydrogen-bond acceptors (Lipinski definition) is 3. The minimum absolute atomic E-state index is 0.138. The molecule has 152 valence electrons. The van der Waals surface area contributed by atoms with Crippen molar-refractivity contribution in [2.24, 2.45) is 0 Å². The second-order valence-corrected chi connectivity index (χ2v) is 13.4. The van der Waals surface area contributed by atoms with Gasteiger partial charge >= 0.3 is 0 Å². The van der Waals surface area contributed by atoms with Gasteiger partial charge in [-0.3, -0.25) is 0 Å². The zero-order valence-electron chi connectivity index (χ0n) is 16.5. The Bertz CT molecular complexity index is 714. The van der Waals surface area contributed by atoms with Crippen LogP contribution >= 0.6 is 22.6 Å². The van der Waals surface area contributed by atoms with Gasteiger partial charge < -0.3 is 14.3 Å². The zero-order valence-corrected chi connectivity index (χ0v) is 19.7. The normalized spacial score (nSPS) is 26.2. The lowest BCUT2D eigenvalue weighted by Crippen LogP contribution is -2.69. The Morgan fingerprint density at radius 3 is 2.00 bits per heavy atom. The number of ether oxygens (including phenoxy) is 1. The predicted molar refractivity (Wildman–Crippen MR) is 122 cm³/mol. The van der Waals surface area contributed by atoms with E-state index >= 15 is 4.39 Å². The largest absolute Gasteiger partial charge is 0.401 e. The highest BCUT2D eigenvalue weighted by Crippen LogP contribution is 2.39. The molecule has 3 nitrogen and oxygen atoms in total. The Morgan fingerprint density at radius 2 is 1.57 bits per heavy atom. The first-order valence-corrected chi connectivity index (χ1v) is 13.1. The number of rotatable bonds is 5. The summed E-state index contributed by atoms with van der Waals surface area (Å²) in [5.74, 6) is 0. The molecule has 1 fully saturated rings. The van der Waals surface area contributed by atoms with Gasteiger partial charge in [0.15, 0.2) is 12.5 Å². The smallest absolute Gasteiger partial charge is 0.261 e. The molecular weight excluding hydrogens is 486 g/mol. The Balaban J connectivity index is 2.13. The summed E-state index contributed by atoms with van der Waals surface area (Å²) < 4.78 is 28.0. The van der Waals surface area contributed by atoms with Crippen LogP contribution in [0.2, 0.25) is 5.04 Å². The van der Waals surface area contributed by atoms with Crippen molar-refractivity contribution in [3.63, 3.8) is 0 Å². The number of alkyl halides is 2. The summed E-state index contributed by atoms with van der Waals surface area (Å²) in [5.41, 5.74) is 0. The highest BCUT2D eigenvalue weighted by molar-refractivity contribution is 14.1. The average Bonchev–Trinajstić information content (AvgIpc) is 2.68. The van der Waals surface area contributed by atoms with Crippen molar-refractivity contribution in [2.75, 3.05) is 4.43 Å². The number of hydrogen-bond donors (Lipinski definition) is 1. The van der Waals surface area contributed by atoms with Gasteiger partial charge in [0.05, 0.1) is 6.10 Å². The molecule has 1 aliphatic rings. The average molecular weight is 514 g/mol. The van der Waals surface area contributed by atoms with Gasteiger partial charge in [0, 0.05) is 10.8 Å². The van der Waals surface area contributed by atoms with Crippen LogP contribution in [0.25, 0.3) is 0 Å². The molecule has 0 amide bonds. The quantitative estimate of drug-likeness (QED) is 0.375. The van der Waals surface area contributed by atoms with E-state index in [2.05, 4.69) is 67.6 Å². The lowest BCUT2D eigenvalue weighted by atomic mass is 10.0. The number of aliphatic hydroxyl groups is 1. The van der Waals surface area contributed by atoms with E-state index in [0.29, 0.717) is 4.43 Å². The van der Waals surface area contributed by atoms with Gasteiger partial charge in [-0.05, 0) is 15.4 Å². The molecule has 1 N–H and O–H groups in total. The number of halogens is 2. The second-order valence-electron chi connectivity index (χ2n) is 8.28. The van der Waals surface area contributed by atoms with Crippen LogP contribution < -0.4 is 10.4 Å². The van der Waals surface area contributed by atoms with Crippen molar-refractivity contribution in [1.29, 1.82) is 0 Å². The van der Waals surface area contributed by atoms with E-state index in [0.717, 1.165) is 10.4 Å². The molecule has 0 aliphatic carbocycles. The molecule has 3 rings (SSSR count). The third-order valence-corrected chi connectivity index (χ3v) is 11.3. The van der Waals surface area contributed by atoms with E-state index in [1.54, 1.807) is 0 Å². The molecular formula is C22H28FIO3Si. The van der Waals surface area contributed by atoms with Crippen molar-refractivity contribution in [3.05, 3.63) is 60.7 Å². The van der Waals surface area contributed by atoms with Crippen molar-refractivity contribution in [2.45, 2.75) is 56.9 Å². The first-order valence-electron chi connectivity index (χ1n) is 9.62. The van der Waals surface area contributed by atoms with Crippen molar-refractivity contribution < 1.29 is 18.7 Å². The third-order valence-electron chi connectivity index (χ3n) is 5.37. The maximum absolute atomic E-state index is 15.3. The van der Waals surface area contributed by atoms with Gasteiger partial charge in [-0.15, -0.1) is 0 Å². The Morgan fingerprint density at radius 1 is 1.07 bits per heavy atom. The number of benzene rings is 2. The van der Waals surface area contributed by atoms with E-state index < -0.39 is 33.0 Å². The van der Waals surface area contributed by atoms with Crippen LogP contribution in [0, 0.1) is 0 Å². The van der Waals surface area contributed by atoms with Crippen LogP contribution in [0.1, 0.15) is 27.2 Å². The summed E-state index contributed by atoms with van der Waals surface area (Å²) in [5, 5.41) is 12.2. The van der Waals surface area contributed by atoms with Crippen molar-refractivity contribution in [3.8, 4) is 0 Å². The van der Waals surface area contributed by atoms with E-state index in [1.165, 1.54) is 0 Å². The molecule has 0 aromatic heterocycles. The van der Waals surface area contributed by atoms with E-state index in [1.807, 2.05) is 36.4 Å². The molecule has 4 atom stereocenters. The van der Waals surface area contributed by atoms with Crippen LogP contribution in [0.15, 0.2) is 60.7 Å². The van der Waals surface area contributed by atoms with Crippen LogP contribution in [-0.4, -0.2) is 42.5 Å².